The Morgan fingerprint density at radius 3 is 2.31 bits per heavy atom. The maximum Gasteiger partial charge on any atom is 0.162 e. The average Bonchev–Trinajstić information content (AvgIpc) is 2.26. The van der Waals surface area contributed by atoms with E-state index in [1.165, 1.54) is 0 Å². The van der Waals surface area contributed by atoms with Crippen molar-refractivity contribution in [1.29, 1.82) is 0 Å². The first kappa shape index (κ1) is 12.1. The lowest BCUT2D eigenvalue weighted by Gasteiger charge is -2.11. The third-order valence-electron chi connectivity index (χ3n) is 1.86. The van der Waals surface area contributed by atoms with Crippen LogP contribution in [-0.4, -0.2) is 7.11 Å². The van der Waals surface area contributed by atoms with Crippen molar-refractivity contribution in [3.8, 4) is 5.75 Å². The molecule has 0 N–H and O–H groups in total. The van der Waals surface area contributed by atoms with Gasteiger partial charge in [-0.25, -0.2) is 0 Å². The van der Waals surface area contributed by atoms with E-state index in [1.807, 2.05) is 37.3 Å². The van der Waals surface area contributed by atoms with Gasteiger partial charge < -0.3 is 9.47 Å². The molecule has 1 aromatic rings. The Hall–Kier alpha value is -1.96. The highest BCUT2D eigenvalue weighted by Crippen LogP contribution is 2.18. The van der Waals surface area contributed by atoms with E-state index in [0.29, 0.717) is 11.5 Å². The number of benzene rings is 1. The maximum absolute atomic E-state index is 5.54. The molecule has 0 aliphatic carbocycles. The molecule has 0 heterocycles. The second-order valence-electron chi connectivity index (χ2n) is 3.40. The molecular weight excluding hydrogens is 200 g/mol. The number of allylic oxidation sites excluding steroid dienone is 2. The summed E-state index contributed by atoms with van der Waals surface area (Å²) in [6.07, 6.45) is 1.78. The maximum atomic E-state index is 5.54. The molecule has 0 spiro atoms. The van der Waals surface area contributed by atoms with Gasteiger partial charge in [0.05, 0.1) is 7.11 Å². The second-order valence-corrected chi connectivity index (χ2v) is 3.40. The van der Waals surface area contributed by atoms with Crippen molar-refractivity contribution in [2.24, 2.45) is 0 Å². The lowest BCUT2D eigenvalue weighted by molar-refractivity contribution is 0.263. The van der Waals surface area contributed by atoms with E-state index in [0.717, 1.165) is 11.3 Å². The fraction of sp³-hybridized carbons (Fsp3) is 0.143. The highest BCUT2D eigenvalue weighted by atomic mass is 16.5. The number of rotatable bonds is 5. The first-order valence-electron chi connectivity index (χ1n) is 4.97. The summed E-state index contributed by atoms with van der Waals surface area (Å²) < 4.78 is 10.7. The van der Waals surface area contributed by atoms with Crippen LogP contribution in [0.3, 0.4) is 0 Å². The number of ether oxygens (including phenoxy) is 2. The van der Waals surface area contributed by atoms with Gasteiger partial charge in [-0.15, -0.1) is 0 Å². The molecule has 0 aliphatic rings. The van der Waals surface area contributed by atoms with Gasteiger partial charge in [-0.05, 0) is 25.1 Å². The Morgan fingerprint density at radius 2 is 1.81 bits per heavy atom. The topological polar surface area (TPSA) is 18.5 Å². The predicted molar refractivity (Wildman–Crippen MR) is 66.1 cm³/mol. The molecule has 0 saturated carbocycles. The van der Waals surface area contributed by atoms with Gasteiger partial charge in [-0.1, -0.05) is 36.9 Å². The van der Waals surface area contributed by atoms with Gasteiger partial charge in [0.25, 0.3) is 0 Å². The van der Waals surface area contributed by atoms with Gasteiger partial charge in [-0.2, -0.15) is 0 Å². The standard InChI is InChI=1S/C14H16O2/c1-11(2)10-14(15-4)12(3)16-13-8-6-5-7-9-13/h5-10H,1,3H2,2,4H3/b14-10+. The van der Waals surface area contributed by atoms with E-state index in [2.05, 4.69) is 13.2 Å². The van der Waals surface area contributed by atoms with Crippen LogP contribution in [0.25, 0.3) is 0 Å². The zero-order valence-electron chi connectivity index (χ0n) is 9.69. The molecule has 0 aromatic heterocycles. The molecule has 1 aromatic carbocycles. The first-order chi connectivity index (χ1) is 7.63. The van der Waals surface area contributed by atoms with Crippen LogP contribution in [0.2, 0.25) is 0 Å². The summed E-state index contributed by atoms with van der Waals surface area (Å²) in [5.74, 6) is 1.78. The van der Waals surface area contributed by atoms with Crippen molar-refractivity contribution in [3.05, 3.63) is 66.7 Å². The molecule has 0 aliphatic heterocycles. The van der Waals surface area contributed by atoms with Crippen molar-refractivity contribution in [2.45, 2.75) is 6.92 Å². The molecule has 2 heteroatoms. The summed E-state index contributed by atoms with van der Waals surface area (Å²) in [5.41, 5.74) is 0.884. The van der Waals surface area contributed by atoms with Crippen LogP contribution in [0.5, 0.6) is 5.75 Å². The molecule has 84 valence electrons. The number of hydrogen-bond donors (Lipinski definition) is 0. The summed E-state index contributed by atoms with van der Waals surface area (Å²) in [6.45, 7) is 9.48. The van der Waals surface area contributed by atoms with Gasteiger partial charge in [0.15, 0.2) is 11.5 Å². The average molecular weight is 216 g/mol. The van der Waals surface area contributed by atoms with E-state index in [-0.39, 0.29) is 0 Å². The molecule has 2 nitrogen and oxygen atoms in total. The van der Waals surface area contributed by atoms with E-state index in [1.54, 1.807) is 13.2 Å². The van der Waals surface area contributed by atoms with Crippen molar-refractivity contribution >= 4 is 0 Å². The Bertz CT molecular complexity index is 402. The zero-order valence-corrected chi connectivity index (χ0v) is 9.69. The lowest BCUT2D eigenvalue weighted by atomic mass is 10.2. The van der Waals surface area contributed by atoms with Crippen LogP contribution in [0.4, 0.5) is 0 Å². The molecule has 0 unspecified atom stereocenters. The monoisotopic (exact) mass is 216 g/mol. The Kier molecular flexibility index (Phi) is 4.40. The molecule has 0 radical (unpaired) electrons. The zero-order chi connectivity index (χ0) is 12.0. The molecule has 0 bridgehead atoms. The largest absolute Gasteiger partial charge is 0.493 e. The van der Waals surface area contributed by atoms with E-state index >= 15 is 0 Å². The summed E-state index contributed by atoms with van der Waals surface area (Å²) in [7, 11) is 1.58. The van der Waals surface area contributed by atoms with Crippen molar-refractivity contribution in [3.63, 3.8) is 0 Å². The quantitative estimate of drug-likeness (QED) is 0.552. The van der Waals surface area contributed by atoms with Gasteiger partial charge in [0, 0.05) is 0 Å². The molecule has 1 rings (SSSR count). The van der Waals surface area contributed by atoms with Gasteiger partial charge in [0.1, 0.15) is 5.75 Å². The van der Waals surface area contributed by atoms with Gasteiger partial charge in [-0.3, -0.25) is 0 Å². The highest BCUT2D eigenvalue weighted by Gasteiger charge is 2.05. The van der Waals surface area contributed by atoms with E-state index in [9.17, 15) is 0 Å². The molecule has 0 atom stereocenters. The van der Waals surface area contributed by atoms with Crippen LogP contribution >= 0.6 is 0 Å². The van der Waals surface area contributed by atoms with Gasteiger partial charge >= 0.3 is 0 Å². The molecular formula is C14H16O2. The fourth-order valence-electron chi connectivity index (χ4n) is 1.16. The normalized spacial score (nSPS) is 10.8. The summed E-state index contributed by atoms with van der Waals surface area (Å²) in [6, 6.07) is 9.45. The van der Waals surface area contributed by atoms with Gasteiger partial charge in [0.2, 0.25) is 0 Å². The van der Waals surface area contributed by atoms with Crippen molar-refractivity contribution in [2.75, 3.05) is 7.11 Å². The van der Waals surface area contributed by atoms with Crippen molar-refractivity contribution in [1.82, 2.24) is 0 Å². The summed E-state index contributed by atoms with van der Waals surface area (Å²) in [4.78, 5) is 0. The molecule has 16 heavy (non-hydrogen) atoms. The minimum Gasteiger partial charge on any atom is -0.493 e. The number of methoxy groups -OCH3 is 1. The number of para-hydroxylation sites is 1. The minimum absolute atomic E-state index is 0.469. The van der Waals surface area contributed by atoms with E-state index < -0.39 is 0 Å². The lowest BCUT2D eigenvalue weighted by Crippen LogP contribution is -1.99. The van der Waals surface area contributed by atoms with E-state index in [4.69, 9.17) is 9.47 Å². The Morgan fingerprint density at radius 1 is 1.19 bits per heavy atom. The molecule has 0 amide bonds. The predicted octanol–water partition coefficient (Wildman–Crippen LogP) is 3.69. The third-order valence-corrected chi connectivity index (χ3v) is 1.86. The Balaban J connectivity index is 2.75. The van der Waals surface area contributed by atoms with Crippen LogP contribution in [-0.2, 0) is 4.74 Å². The third kappa shape index (κ3) is 3.65. The Labute approximate surface area is 96.5 Å². The van der Waals surface area contributed by atoms with Crippen LogP contribution in [0.15, 0.2) is 66.7 Å². The smallest absolute Gasteiger partial charge is 0.162 e. The second kappa shape index (κ2) is 5.81. The minimum atomic E-state index is 0.469. The molecule has 0 saturated heterocycles. The van der Waals surface area contributed by atoms with Crippen LogP contribution < -0.4 is 4.74 Å². The number of hydrogen-bond acceptors (Lipinski definition) is 2. The van der Waals surface area contributed by atoms with Crippen molar-refractivity contribution < 1.29 is 9.47 Å². The van der Waals surface area contributed by atoms with Crippen LogP contribution in [0.1, 0.15) is 6.92 Å². The first-order valence-corrected chi connectivity index (χ1v) is 4.97. The summed E-state index contributed by atoms with van der Waals surface area (Å²) >= 11 is 0. The highest BCUT2D eigenvalue weighted by molar-refractivity contribution is 5.30. The summed E-state index contributed by atoms with van der Waals surface area (Å²) in [5, 5.41) is 0. The van der Waals surface area contributed by atoms with Crippen LogP contribution in [0, 0.1) is 0 Å². The molecule has 0 fully saturated rings. The fourth-order valence-corrected chi connectivity index (χ4v) is 1.16. The SMILES string of the molecule is C=C(C)/C=C(/OC)C(=C)Oc1ccccc1.